The maximum absolute atomic E-state index is 12.4. The van der Waals surface area contributed by atoms with Crippen LogP contribution in [0.5, 0.6) is 0 Å². The van der Waals surface area contributed by atoms with Gasteiger partial charge >= 0.3 is 0 Å². The number of hydrogen-bond acceptors (Lipinski definition) is 5. The number of carbonyl (C=O) groups is 1. The first-order valence-electron chi connectivity index (χ1n) is 13.3. The highest BCUT2D eigenvalue weighted by molar-refractivity contribution is 5.82. The number of aliphatic hydroxyl groups is 3. The first kappa shape index (κ1) is 30.5. The predicted molar refractivity (Wildman–Crippen MR) is 130 cm³/mol. The van der Waals surface area contributed by atoms with E-state index in [4.69, 9.17) is 5.73 Å². The quantitative estimate of drug-likeness (QED) is 0.121. The monoisotopic (exact) mass is 443 g/mol. The summed E-state index contributed by atoms with van der Waals surface area (Å²) in [4.78, 5) is 12.4. The first-order chi connectivity index (χ1) is 14.9. The summed E-state index contributed by atoms with van der Waals surface area (Å²) in [6, 6.07) is 0. The number of hydrogen-bond donors (Lipinski definition) is 4. The fourth-order valence-electron chi connectivity index (χ4n) is 4.28. The number of aliphatic hydroxyl groups excluding tert-OH is 3. The standard InChI is InChI=1S/C26H53NO4/c1-3-5-7-8-9-10-11-12-13-14-15-16-18-20-23(29)25(26(27)31)24(30)21-22(28)19-17-6-4-2/h22-23,25-26,28-29,31H,3-21,27H2,1-2H3/t22-,23+,25+,26?/m0/s1. The second-order valence-corrected chi connectivity index (χ2v) is 9.44. The average Bonchev–Trinajstić information content (AvgIpc) is 2.71. The van der Waals surface area contributed by atoms with Gasteiger partial charge in [0, 0.05) is 6.42 Å². The molecule has 4 atom stereocenters. The Labute approximate surface area is 192 Å². The molecule has 0 aromatic heterocycles. The van der Waals surface area contributed by atoms with Gasteiger partial charge in [-0.2, -0.15) is 0 Å². The summed E-state index contributed by atoms with van der Waals surface area (Å²) in [6.07, 6.45) is 17.2. The van der Waals surface area contributed by atoms with E-state index >= 15 is 0 Å². The SMILES string of the molecule is CCCCCCCCCCCCCCC[C@@H](O)[C@H](C(=O)C[C@@H](O)CCCCC)C(N)O. The number of rotatable bonds is 23. The van der Waals surface area contributed by atoms with Crippen molar-refractivity contribution in [3.8, 4) is 0 Å². The van der Waals surface area contributed by atoms with E-state index in [9.17, 15) is 20.1 Å². The van der Waals surface area contributed by atoms with Gasteiger partial charge in [0.05, 0.1) is 18.1 Å². The third kappa shape index (κ3) is 17.7. The average molecular weight is 444 g/mol. The van der Waals surface area contributed by atoms with Crippen LogP contribution in [0, 0.1) is 5.92 Å². The highest BCUT2D eigenvalue weighted by Crippen LogP contribution is 2.20. The summed E-state index contributed by atoms with van der Waals surface area (Å²) < 4.78 is 0. The zero-order chi connectivity index (χ0) is 23.3. The molecule has 186 valence electrons. The minimum atomic E-state index is -1.38. The zero-order valence-corrected chi connectivity index (χ0v) is 20.6. The summed E-state index contributed by atoms with van der Waals surface area (Å²) in [5, 5.41) is 30.2. The number of nitrogens with two attached hydrogens (primary N) is 1. The Morgan fingerprint density at radius 3 is 1.48 bits per heavy atom. The van der Waals surface area contributed by atoms with Crippen molar-refractivity contribution in [2.24, 2.45) is 11.7 Å². The van der Waals surface area contributed by atoms with Gasteiger partial charge in [-0.15, -0.1) is 0 Å². The van der Waals surface area contributed by atoms with Crippen LogP contribution in [0.4, 0.5) is 0 Å². The van der Waals surface area contributed by atoms with Gasteiger partial charge in [-0.05, 0) is 12.8 Å². The van der Waals surface area contributed by atoms with Crippen LogP contribution in [0.25, 0.3) is 0 Å². The number of Topliss-reactive ketones (excluding diaryl/α,β-unsaturated/α-hetero) is 1. The normalized spacial score (nSPS) is 15.5. The van der Waals surface area contributed by atoms with Gasteiger partial charge in [0.25, 0.3) is 0 Å². The van der Waals surface area contributed by atoms with Crippen molar-refractivity contribution in [1.82, 2.24) is 0 Å². The van der Waals surface area contributed by atoms with Gasteiger partial charge in [0.1, 0.15) is 12.0 Å². The fourth-order valence-corrected chi connectivity index (χ4v) is 4.28. The molecule has 5 N–H and O–H groups in total. The minimum Gasteiger partial charge on any atom is -0.393 e. The molecule has 0 radical (unpaired) electrons. The molecule has 0 rings (SSSR count). The lowest BCUT2D eigenvalue weighted by Crippen LogP contribution is -2.44. The van der Waals surface area contributed by atoms with Crippen molar-refractivity contribution >= 4 is 5.78 Å². The topological polar surface area (TPSA) is 104 Å². The number of carbonyl (C=O) groups excluding carboxylic acids is 1. The van der Waals surface area contributed by atoms with E-state index in [1.54, 1.807) is 0 Å². The summed E-state index contributed by atoms with van der Waals surface area (Å²) in [7, 11) is 0. The zero-order valence-electron chi connectivity index (χ0n) is 20.6. The molecule has 1 unspecified atom stereocenters. The fraction of sp³-hybridized carbons (Fsp3) is 0.962. The maximum atomic E-state index is 12.4. The molecule has 0 saturated heterocycles. The van der Waals surface area contributed by atoms with Gasteiger partial charge in [0.15, 0.2) is 0 Å². The molecule has 0 bridgehead atoms. The van der Waals surface area contributed by atoms with Crippen LogP contribution in [-0.4, -0.2) is 39.5 Å². The van der Waals surface area contributed by atoms with Crippen molar-refractivity contribution in [3.63, 3.8) is 0 Å². The predicted octanol–water partition coefficient (Wildman–Crippen LogP) is 5.62. The molecule has 0 aliphatic rings. The lowest BCUT2D eigenvalue weighted by Gasteiger charge is -2.25. The van der Waals surface area contributed by atoms with Crippen molar-refractivity contribution in [3.05, 3.63) is 0 Å². The minimum absolute atomic E-state index is 0.0433. The Balaban J connectivity index is 3.85. The molecule has 5 nitrogen and oxygen atoms in total. The molecule has 0 aromatic rings. The molecule has 0 spiro atoms. The van der Waals surface area contributed by atoms with E-state index in [1.807, 2.05) is 0 Å². The smallest absolute Gasteiger partial charge is 0.145 e. The van der Waals surface area contributed by atoms with Crippen molar-refractivity contribution in [2.75, 3.05) is 0 Å². The van der Waals surface area contributed by atoms with Crippen LogP contribution in [-0.2, 0) is 4.79 Å². The lowest BCUT2D eigenvalue weighted by molar-refractivity contribution is -0.133. The molecule has 0 saturated carbocycles. The molecular formula is C26H53NO4. The van der Waals surface area contributed by atoms with Gasteiger partial charge in [-0.3, -0.25) is 4.79 Å². The Hall–Kier alpha value is -0.490. The van der Waals surface area contributed by atoms with E-state index in [2.05, 4.69) is 13.8 Å². The maximum Gasteiger partial charge on any atom is 0.145 e. The van der Waals surface area contributed by atoms with E-state index in [1.165, 1.54) is 64.2 Å². The summed E-state index contributed by atoms with van der Waals surface area (Å²) in [5.41, 5.74) is 5.57. The highest BCUT2D eigenvalue weighted by Gasteiger charge is 2.32. The Kier molecular flexibility index (Phi) is 21.0. The van der Waals surface area contributed by atoms with Gasteiger partial charge in [-0.25, -0.2) is 0 Å². The summed E-state index contributed by atoms with van der Waals surface area (Å²) in [6.45, 7) is 4.34. The molecule has 0 aliphatic carbocycles. The van der Waals surface area contributed by atoms with Crippen molar-refractivity contribution in [2.45, 2.75) is 154 Å². The van der Waals surface area contributed by atoms with Gasteiger partial charge in [-0.1, -0.05) is 117 Å². The van der Waals surface area contributed by atoms with Crippen LogP contribution >= 0.6 is 0 Å². The van der Waals surface area contributed by atoms with Gasteiger partial charge in [0.2, 0.25) is 0 Å². The van der Waals surface area contributed by atoms with Crippen LogP contribution in [0.2, 0.25) is 0 Å². The van der Waals surface area contributed by atoms with Gasteiger partial charge < -0.3 is 21.1 Å². The largest absolute Gasteiger partial charge is 0.393 e. The molecular weight excluding hydrogens is 390 g/mol. The van der Waals surface area contributed by atoms with Crippen LogP contribution in [0.15, 0.2) is 0 Å². The van der Waals surface area contributed by atoms with E-state index in [0.717, 1.165) is 38.5 Å². The van der Waals surface area contributed by atoms with E-state index in [0.29, 0.717) is 12.8 Å². The first-order valence-corrected chi connectivity index (χ1v) is 13.3. The molecule has 0 aromatic carbocycles. The molecule has 31 heavy (non-hydrogen) atoms. The van der Waals surface area contributed by atoms with E-state index in [-0.39, 0.29) is 12.2 Å². The summed E-state index contributed by atoms with van der Waals surface area (Å²) >= 11 is 0. The second-order valence-electron chi connectivity index (χ2n) is 9.44. The second kappa shape index (κ2) is 21.4. The lowest BCUT2D eigenvalue weighted by atomic mass is 9.88. The number of ketones is 1. The van der Waals surface area contributed by atoms with Crippen LogP contribution in [0.3, 0.4) is 0 Å². The van der Waals surface area contributed by atoms with Crippen molar-refractivity contribution in [1.29, 1.82) is 0 Å². The Morgan fingerprint density at radius 2 is 1.03 bits per heavy atom. The molecule has 0 heterocycles. The Bertz CT molecular complexity index is 403. The molecule has 5 heteroatoms. The van der Waals surface area contributed by atoms with E-state index < -0.39 is 24.4 Å². The Morgan fingerprint density at radius 1 is 0.645 bits per heavy atom. The number of unbranched alkanes of at least 4 members (excludes halogenated alkanes) is 14. The highest BCUT2D eigenvalue weighted by atomic mass is 16.3. The van der Waals surface area contributed by atoms with Crippen molar-refractivity contribution < 1.29 is 20.1 Å². The third-order valence-electron chi connectivity index (χ3n) is 6.34. The van der Waals surface area contributed by atoms with Crippen LogP contribution < -0.4 is 5.73 Å². The molecule has 0 amide bonds. The van der Waals surface area contributed by atoms with Crippen LogP contribution in [0.1, 0.15) is 136 Å². The summed E-state index contributed by atoms with van der Waals surface area (Å²) in [5.74, 6) is -1.33. The third-order valence-corrected chi connectivity index (χ3v) is 6.34. The molecule has 0 aliphatic heterocycles. The molecule has 0 fully saturated rings.